The van der Waals surface area contributed by atoms with Crippen molar-refractivity contribution in [3.8, 4) is 0 Å². The van der Waals surface area contributed by atoms with Crippen LogP contribution in [0.1, 0.15) is 53.4 Å². The van der Waals surface area contributed by atoms with E-state index in [4.69, 9.17) is 10.5 Å². The highest BCUT2D eigenvalue weighted by Crippen LogP contribution is 2.14. The van der Waals surface area contributed by atoms with E-state index in [0.717, 1.165) is 25.7 Å². The van der Waals surface area contributed by atoms with E-state index in [1.807, 2.05) is 6.92 Å². The summed E-state index contributed by atoms with van der Waals surface area (Å²) in [6.07, 6.45) is 4.21. The van der Waals surface area contributed by atoms with Gasteiger partial charge in [-0.15, -0.1) is 0 Å². The zero-order valence-electron chi connectivity index (χ0n) is 12.4. The van der Waals surface area contributed by atoms with Crippen molar-refractivity contribution in [3.63, 3.8) is 0 Å². The van der Waals surface area contributed by atoms with Crippen LogP contribution in [0.4, 0.5) is 0 Å². The van der Waals surface area contributed by atoms with Crippen molar-refractivity contribution < 1.29 is 9.53 Å². The van der Waals surface area contributed by atoms with Gasteiger partial charge < -0.3 is 15.8 Å². The lowest BCUT2D eigenvalue weighted by Gasteiger charge is -2.31. The molecule has 18 heavy (non-hydrogen) atoms. The van der Waals surface area contributed by atoms with Crippen LogP contribution in [0.5, 0.6) is 0 Å². The number of carbonyl (C=O) groups is 1. The van der Waals surface area contributed by atoms with Gasteiger partial charge in [0.05, 0.1) is 0 Å². The molecule has 0 fully saturated rings. The van der Waals surface area contributed by atoms with Crippen LogP contribution < -0.4 is 11.1 Å². The number of nitrogens with one attached hydrogen (secondary N) is 1. The average Bonchev–Trinajstić information content (AvgIpc) is 2.27. The number of unbranched alkanes of at least 4 members (excludes halogenated alkanes) is 2. The molecule has 0 heterocycles. The fraction of sp³-hybridized carbons (Fsp3) is 0.929. The molecule has 0 aliphatic rings. The second-order valence-corrected chi connectivity index (χ2v) is 5.67. The van der Waals surface area contributed by atoms with Gasteiger partial charge in [-0.3, -0.25) is 4.79 Å². The Kier molecular flexibility index (Phi) is 9.02. The molecule has 4 nitrogen and oxygen atoms in total. The molecule has 0 saturated carbocycles. The molecule has 0 aromatic rings. The summed E-state index contributed by atoms with van der Waals surface area (Å²) in [7, 11) is 0. The molecule has 0 spiro atoms. The maximum atomic E-state index is 11.7. The predicted octanol–water partition coefficient (Wildman–Crippen LogP) is 2.07. The molecule has 0 radical (unpaired) electrons. The minimum absolute atomic E-state index is 0.0694. The summed E-state index contributed by atoms with van der Waals surface area (Å²) in [5.41, 5.74) is 5.42. The van der Waals surface area contributed by atoms with Crippen molar-refractivity contribution in [2.24, 2.45) is 11.7 Å². The first-order valence-corrected chi connectivity index (χ1v) is 7.02. The summed E-state index contributed by atoms with van der Waals surface area (Å²) >= 11 is 0. The van der Waals surface area contributed by atoms with E-state index in [0.29, 0.717) is 19.1 Å². The molecule has 0 rings (SSSR count). The lowest BCUT2D eigenvalue weighted by atomic mass is 9.91. The van der Waals surface area contributed by atoms with E-state index < -0.39 is 0 Å². The van der Waals surface area contributed by atoms with E-state index >= 15 is 0 Å². The Labute approximate surface area is 112 Å². The van der Waals surface area contributed by atoms with Crippen LogP contribution in [0.25, 0.3) is 0 Å². The second kappa shape index (κ2) is 9.34. The highest BCUT2D eigenvalue weighted by atomic mass is 16.5. The zero-order valence-corrected chi connectivity index (χ0v) is 12.4. The molecule has 1 unspecified atom stereocenters. The summed E-state index contributed by atoms with van der Waals surface area (Å²) in [6, 6.07) is 0. The van der Waals surface area contributed by atoms with Gasteiger partial charge in [-0.05, 0) is 25.7 Å². The molecule has 0 saturated heterocycles. The number of rotatable bonds is 10. The van der Waals surface area contributed by atoms with Crippen LogP contribution >= 0.6 is 0 Å². The third-order valence-electron chi connectivity index (χ3n) is 2.88. The van der Waals surface area contributed by atoms with E-state index in [2.05, 4.69) is 26.1 Å². The van der Waals surface area contributed by atoms with Gasteiger partial charge in [0.2, 0.25) is 5.91 Å². The lowest BCUT2D eigenvalue weighted by molar-refractivity contribution is -0.127. The Morgan fingerprint density at radius 1 is 1.39 bits per heavy atom. The van der Waals surface area contributed by atoms with Gasteiger partial charge >= 0.3 is 0 Å². The summed E-state index contributed by atoms with van der Waals surface area (Å²) in [6.45, 7) is 9.63. The van der Waals surface area contributed by atoms with E-state index in [1.54, 1.807) is 0 Å². The molecule has 0 aliphatic heterocycles. The van der Waals surface area contributed by atoms with E-state index in [9.17, 15) is 4.79 Å². The number of amides is 1. The molecule has 0 aromatic carbocycles. The SMILES string of the molecule is CCCCCOCC(=O)NC(C)(CN)CC(C)C. The Morgan fingerprint density at radius 3 is 2.56 bits per heavy atom. The fourth-order valence-electron chi connectivity index (χ4n) is 2.08. The van der Waals surface area contributed by atoms with Gasteiger partial charge in [0.1, 0.15) is 6.61 Å². The molecule has 1 atom stereocenters. The lowest BCUT2D eigenvalue weighted by Crippen LogP contribution is -2.53. The van der Waals surface area contributed by atoms with Crippen LogP contribution in [-0.4, -0.2) is 31.2 Å². The van der Waals surface area contributed by atoms with Gasteiger partial charge in [-0.2, -0.15) is 0 Å². The molecule has 0 bridgehead atoms. The van der Waals surface area contributed by atoms with Crippen LogP contribution in [0.2, 0.25) is 0 Å². The summed E-state index contributed by atoms with van der Waals surface area (Å²) in [5.74, 6) is 0.435. The third-order valence-corrected chi connectivity index (χ3v) is 2.88. The molecule has 1 amide bonds. The largest absolute Gasteiger partial charge is 0.372 e. The molecule has 0 aliphatic carbocycles. The molecular formula is C14H30N2O2. The number of carbonyl (C=O) groups excluding carboxylic acids is 1. The molecule has 0 aromatic heterocycles. The molecule has 4 heteroatoms. The fourth-order valence-corrected chi connectivity index (χ4v) is 2.08. The summed E-state index contributed by atoms with van der Waals surface area (Å²) in [4.78, 5) is 11.7. The average molecular weight is 258 g/mol. The minimum atomic E-state index is -0.321. The first-order chi connectivity index (χ1) is 8.43. The topological polar surface area (TPSA) is 64.3 Å². The quantitative estimate of drug-likeness (QED) is 0.590. The Hall–Kier alpha value is -0.610. The van der Waals surface area contributed by atoms with Crippen molar-refractivity contribution in [2.75, 3.05) is 19.8 Å². The first kappa shape index (κ1) is 17.4. The van der Waals surface area contributed by atoms with Gasteiger partial charge in [0.25, 0.3) is 0 Å². The Morgan fingerprint density at radius 2 is 2.06 bits per heavy atom. The van der Waals surface area contributed by atoms with Crippen LogP contribution in [0, 0.1) is 5.92 Å². The minimum Gasteiger partial charge on any atom is -0.372 e. The number of hydrogen-bond acceptors (Lipinski definition) is 3. The Bertz CT molecular complexity index is 232. The predicted molar refractivity (Wildman–Crippen MR) is 75.4 cm³/mol. The Balaban J connectivity index is 3.89. The van der Waals surface area contributed by atoms with Gasteiger partial charge in [-0.1, -0.05) is 33.6 Å². The van der Waals surface area contributed by atoms with Crippen molar-refractivity contribution in [2.45, 2.75) is 58.9 Å². The smallest absolute Gasteiger partial charge is 0.246 e. The van der Waals surface area contributed by atoms with E-state index in [1.165, 1.54) is 0 Å². The maximum absolute atomic E-state index is 11.7. The van der Waals surface area contributed by atoms with Crippen molar-refractivity contribution in [1.29, 1.82) is 0 Å². The zero-order chi connectivity index (χ0) is 14.0. The van der Waals surface area contributed by atoms with Crippen LogP contribution in [-0.2, 0) is 9.53 Å². The van der Waals surface area contributed by atoms with Crippen LogP contribution in [0.15, 0.2) is 0 Å². The standard InChI is InChI=1S/C14H30N2O2/c1-5-6-7-8-18-10-13(17)16-14(4,11-15)9-12(2)3/h12H,5-11,15H2,1-4H3,(H,16,17). The maximum Gasteiger partial charge on any atom is 0.246 e. The summed E-state index contributed by atoms with van der Waals surface area (Å²) < 4.78 is 5.34. The molecule has 3 N–H and O–H groups in total. The second-order valence-electron chi connectivity index (χ2n) is 5.67. The number of ether oxygens (including phenoxy) is 1. The van der Waals surface area contributed by atoms with Gasteiger partial charge in [0.15, 0.2) is 0 Å². The molecule has 108 valence electrons. The van der Waals surface area contributed by atoms with Crippen molar-refractivity contribution >= 4 is 5.91 Å². The molecular weight excluding hydrogens is 228 g/mol. The van der Waals surface area contributed by atoms with Crippen LogP contribution in [0.3, 0.4) is 0 Å². The first-order valence-electron chi connectivity index (χ1n) is 7.02. The van der Waals surface area contributed by atoms with Gasteiger partial charge in [-0.25, -0.2) is 0 Å². The van der Waals surface area contributed by atoms with Crippen molar-refractivity contribution in [1.82, 2.24) is 5.32 Å². The third kappa shape index (κ3) is 8.48. The monoisotopic (exact) mass is 258 g/mol. The normalized spacial score (nSPS) is 14.6. The van der Waals surface area contributed by atoms with E-state index in [-0.39, 0.29) is 18.1 Å². The highest BCUT2D eigenvalue weighted by molar-refractivity contribution is 5.78. The summed E-state index contributed by atoms with van der Waals surface area (Å²) in [5, 5.41) is 2.98. The number of hydrogen-bond donors (Lipinski definition) is 2. The number of nitrogens with two attached hydrogens (primary N) is 1. The van der Waals surface area contributed by atoms with Gasteiger partial charge in [0, 0.05) is 18.7 Å². The van der Waals surface area contributed by atoms with Crippen molar-refractivity contribution in [3.05, 3.63) is 0 Å². The highest BCUT2D eigenvalue weighted by Gasteiger charge is 2.25.